The van der Waals surface area contributed by atoms with Crippen molar-refractivity contribution in [2.75, 3.05) is 18.5 Å². The smallest absolute Gasteiger partial charge is 0.0563 e. The van der Waals surface area contributed by atoms with Gasteiger partial charge in [-0.05, 0) is 32.1 Å². The van der Waals surface area contributed by atoms with Crippen molar-refractivity contribution in [3.05, 3.63) is 12.2 Å². The summed E-state index contributed by atoms with van der Waals surface area (Å²) >= 11 is 3.37. The van der Waals surface area contributed by atoms with Gasteiger partial charge in [0.1, 0.15) is 0 Å². The molecule has 0 N–H and O–H groups in total. The van der Waals surface area contributed by atoms with Crippen LogP contribution in [0.5, 0.6) is 0 Å². The predicted octanol–water partition coefficient (Wildman–Crippen LogP) is 7.44. The number of ether oxygens (including phenoxy) is 1. The fourth-order valence-electron chi connectivity index (χ4n) is 2.61. The first-order valence-electron chi connectivity index (χ1n) is 9.70. The maximum atomic E-state index is 5.45. The molecule has 0 heterocycles. The average Bonchev–Trinajstić information content (AvgIpc) is 2.54. The zero-order valence-electron chi connectivity index (χ0n) is 15.0. The quantitative estimate of drug-likeness (QED) is 0.137. The molecule has 1 nitrogen and oxygen atoms in total. The first-order chi connectivity index (χ1) is 10.9. The van der Waals surface area contributed by atoms with Crippen LogP contribution < -0.4 is 0 Å². The summed E-state index contributed by atoms with van der Waals surface area (Å²) in [7, 11) is 0. The molecule has 0 aliphatic heterocycles. The predicted molar refractivity (Wildman–Crippen MR) is 104 cm³/mol. The van der Waals surface area contributed by atoms with Crippen molar-refractivity contribution in [2.45, 2.75) is 96.8 Å². The van der Waals surface area contributed by atoms with Crippen LogP contribution in [0.2, 0.25) is 0 Å². The van der Waals surface area contributed by atoms with E-state index in [0.717, 1.165) is 18.5 Å². The molecule has 0 bridgehead atoms. The van der Waals surface area contributed by atoms with Gasteiger partial charge in [0.05, 0.1) is 6.61 Å². The van der Waals surface area contributed by atoms with Crippen LogP contribution in [0.4, 0.5) is 0 Å². The highest BCUT2D eigenvalue weighted by atomic mass is 79.9. The molecule has 0 saturated heterocycles. The minimum atomic E-state index is 0.852. The fraction of sp³-hybridized carbons (Fsp3) is 0.900. The van der Waals surface area contributed by atoms with Crippen LogP contribution in [0.15, 0.2) is 12.2 Å². The van der Waals surface area contributed by atoms with Gasteiger partial charge >= 0.3 is 0 Å². The Bertz CT molecular complexity index is 216. The van der Waals surface area contributed by atoms with Crippen molar-refractivity contribution in [3.63, 3.8) is 0 Å². The summed E-state index contributed by atoms with van der Waals surface area (Å²) in [5.74, 6) is 0. The van der Waals surface area contributed by atoms with Crippen LogP contribution in [0.1, 0.15) is 96.8 Å². The van der Waals surface area contributed by atoms with E-state index in [1.165, 1.54) is 89.9 Å². The molecule has 0 amide bonds. The van der Waals surface area contributed by atoms with Gasteiger partial charge in [-0.2, -0.15) is 0 Å². The molecule has 0 aromatic rings. The zero-order chi connectivity index (χ0) is 16.1. The SMILES string of the molecule is CCCCCCCC/C=C\CCCCCCCCOCCBr. The summed E-state index contributed by atoms with van der Waals surface area (Å²) in [6.45, 7) is 4.07. The average molecular weight is 375 g/mol. The normalized spacial score (nSPS) is 11.5. The van der Waals surface area contributed by atoms with Gasteiger partial charge < -0.3 is 4.74 Å². The molecule has 0 aromatic heterocycles. The van der Waals surface area contributed by atoms with Crippen LogP contribution in [-0.4, -0.2) is 18.5 Å². The molecule has 132 valence electrons. The van der Waals surface area contributed by atoms with Crippen molar-refractivity contribution in [3.8, 4) is 0 Å². The summed E-state index contributed by atoms with van der Waals surface area (Å²) in [5.41, 5.74) is 0. The van der Waals surface area contributed by atoms with E-state index >= 15 is 0 Å². The van der Waals surface area contributed by atoms with E-state index < -0.39 is 0 Å². The molecule has 0 atom stereocenters. The van der Waals surface area contributed by atoms with Crippen LogP contribution in [0.25, 0.3) is 0 Å². The van der Waals surface area contributed by atoms with Gasteiger partial charge in [0, 0.05) is 11.9 Å². The second-order valence-corrected chi connectivity index (χ2v) is 7.03. The fourth-order valence-corrected chi connectivity index (χ4v) is 2.84. The Kier molecular flexibility index (Phi) is 21.4. The molecule has 0 aliphatic rings. The van der Waals surface area contributed by atoms with Crippen molar-refractivity contribution in [1.29, 1.82) is 0 Å². The Morgan fingerprint density at radius 1 is 0.636 bits per heavy atom. The number of rotatable bonds is 18. The van der Waals surface area contributed by atoms with Crippen LogP contribution in [0, 0.1) is 0 Å². The van der Waals surface area contributed by atoms with E-state index in [1.807, 2.05) is 0 Å². The molecule has 22 heavy (non-hydrogen) atoms. The standard InChI is InChI=1S/C20H39BrO/c1-2-3-4-5-6-7-8-9-10-11-12-13-14-15-16-17-19-22-20-18-21/h9-10H,2-8,11-20H2,1H3/b10-9-. The molecule has 0 spiro atoms. The summed E-state index contributed by atoms with van der Waals surface area (Å²) in [4.78, 5) is 0. The summed E-state index contributed by atoms with van der Waals surface area (Å²) in [5, 5.41) is 0.958. The van der Waals surface area contributed by atoms with Crippen LogP contribution in [-0.2, 0) is 4.74 Å². The third-order valence-corrected chi connectivity index (χ3v) is 4.35. The van der Waals surface area contributed by atoms with Crippen molar-refractivity contribution >= 4 is 15.9 Å². The molecule has 0 radical (unpaired) electrons. The number of hydrogen-bond acceptors (Lipinski definition) is 1. The lowest BCUT2D eigenvalue weighted by molar-refractivity contribution is 0.146. The summed E-state index contributed by atoms with van der Waals surface area (Å²) in [6.07, 6.45) is 23.9. The molecule has 0 fully saturated rings. The molecule has 0 aliphatic carbocycles. The second-order valence-electron chi connectivity index (χ2n) is 6.24. The van der Waals surface area contributed by atoms with Gasteiger partial charge in [0.25, 0.3) is 0 Å². The van der Waals surface area contributed by atoms with Gasteiger partial charge in [-0.3, -0.25) is 0 Å². The highest BCUT2D eigenvalue weighted by Gasteiger charge is 1.92. The largest absolute Gasteiger partial charge is 0.381 e. The first-order valence-corrected chi connectivity index (χ1v) is 10.8. The Morgan fingerprint density at radius 2 is 1.14 bits per heavy atom. The van der Waals surface area contributed by atoms with Crippen molar-refractivity contribution < 1.29 is 4.74 Å². The van der Waals surface area contributed by atoms with Gasteiger partial charge in [0.2, 0.25) is 0 Å². The van der Waals surface area contributed by atoms with E-state index in [9.17, 15) is 0 Å². The molecule has 0 rings (SSSR count). The monoisotopic (exact) mass is 374 g/mol. The van der Waals surface area contributed by atoms with Gasteiger partial charge in [-0.15, -0.1) is 0 Å². The molecule has 0 aromatic carbocycles. The maximum absolute atomic E-state index is 5.45. The van der Waals surface area contributed by atoms with Gasteiger partial charge in [0.15, 0.2) is 0 Å². The summed E-state index contributed by atoms with van der Waals surface area (Å²) in [6, 6.07) is 0. The van der Waals surface area contributed by atoms with E-state index in [-0.39, 0.29) is 0 Å². The van der Waals surface area contributed by atoms with Crippen molar-refractivity contribution in [1.82, 2.24) is 0 Å². The minimum Gasteiger partial charge on any atom is -0.381 e. The number of allylic oxidation sites excluding steroid dienone is 2. The third-order valence-electron chi connectivity index (χ3n) is 4.02. The highest BCUT2D eigenvalue weighted by Crippen LogP contribution is 2.09. The van der Waals surface area contributed by atoms with Crippen LogP contribution >= 0.6 is 15.9 Å². The Hall–Kier alpha value is 0.180. The maximum Gasteiger partial charge on any atom is 0.0563 e. The first kappa shape index (κ1) is 22.2. The Morgan fingerprint density at radius 3 is 1.68 bits per heavy atom. The molecule has 2 heteroatoms. The highest BCUT2D eigenvalue weighted by molar-refractivity contribution is 9.09. The molecular formula is C20H39BrO. The van der Waals surface area contributed by atoms with E-state index in [2.05, 4.69) is 35.0 Å². The van der Waals surface area contributed by atoms with Crippen LogP contribution in [0.3, 0.4) is 0 Å². The summed E-state index contributed by atoms with van der Waals surface area (Å²) < 4.78 is 5.45. The van der Waals surface area contributed by atoms with Gasteiger partial charge in [-0.25, -0.2) is 0 Å². The molecule has 0 saturated carbocycles. The number of hydrogen-bond donors (Lipinski definition) is 0. The van der Waals surface area contributed by atoms with E-state index in [0.29, 0.717) is 0 Å². The Labute approximate surface area is 148 Å². The lowest BCUT2D eigenvalue weighted by Crippen LogP contribution is -1.97. The second kappa shape index (κ2) is 21.2. The third kappa shape index (κ3) is 20.2. The number of alkyl halides is 1. The Balaban J connectivity index is 3.02. The van der Waals surface area contributed by atoms with E-state index in [4.69, 9.17) is 4.74 Å². The van der Waals surface area contributed by atoms with Gasteiger partial charge in [-0.1, -0.05) is 92.8 Å². The topological polar surface area (TPSA) is 9.23 Å². The zero-order valence-corrected chi connectivity index (χ0v) is 16.5. The molecule has 0 unspecified atom stereocenters. The number of unbranched alkanes of at least 4 members (excludes halogenated alkanes) is 12. The minimum absolute atomic E-state index is 0.852. The van der Waals surface area contributed by atoms with Crippen molar-refractivity contribution in [2.24, 2.45) is 0 Å². The lowest BCUT2D eigenvalue weighted by Gasteiger charge is -2.02. The number of halogens is 1. The van der Waals surface area contributed by atoms with E-state index in [1.54, 1.807) is 0 Å². The lowest BCUT2D eigenvalue weighted by atomic mass is 10.1. The molecular weight excluding hydrogens is 336 g/mol.